The fourth-order valence-corrected chi connectivity index (χ4v) is 1.14. The van der Waals surface area contributed by atoms with Crippen LogP contribution in [0, 0.1) is 10.1 Å². The maximum atomic E-state index is 11.2. The van der Waals surface area contributed by atoms with Crippen molar-refractivity contribution in [2.75, 3.05) is 0 Å². The Morgan fingerprint density at radius 1 is 1.62 bits per heavy atom. The van der Waals surface area contributed by atoms with Crippen LogP contribution in [0.2, 0.25) is 0 Å². The maximum absolute atomic E-state index is 11.2. The molecule has 1 rings (SSSR count). The summed E-state index contributed by atoms with van der Waals surface area (Å²) in [5.74, 6) is 0. The van der Waals surface area contributed by atoms with Gasteiger partial charge in [0.2, 0.25) is 0 Å². The Balaban J connectivity index is 3.31. The number of rotatable bonds is 3. The average Bonchev–Trinajstić information content (AvgIpc) is 2.21. The lowest BCUT2D eigenvalue weighted by Crippen LogP contribution is -2.30. The SMILES string of the molecule is O=c1[nH]c(=O)n(CC(Cl)=CCl)cc1[N+](=O)[O-]. The van der Waals surface area contributed by atoms with Crippen LogP contribution in [-0.2, 0) is 6.54 Å². The smallest absolute Gasteiger partial charge is 0.288 e. The van der Waals surface area contributed by atoms with E-state index in [1.165, 1.54) is 0 Å². The van der Waals surface area contributed by atoms with Crippen LogP contribution in [0.4, 0.5) is 5.69 Å². The minimum absolute atomic E-state index is 0.102. The highest BCUT2D eigenvalue weighted by molar-refractivity contribution is 6.36. The van der Waals surface area contributed by atoms with E-state index in [1.807, 2.05) is 0 Å². The van der Waals surface area contributed by atoms with E-state index in [0.717, 1.165) is 16.3 Å². The molecule has 0 aliphatic heterocycles. The largest absolute Gasteiger partial charge is 0.350 e. The van der Waals surface area contributed by atoms with Gasteiger partial charge in [-0.1, -0.05) is 23.2 Å². The van der Waals surface area contributed by atoms with Crippen molar-refractivity contribution in [2.45, 2.75) is 6.54 Å². The van der Waals surface area contributed by atoms with Gasteiger partial charge in [0, 0.05) is 10.6 Å². The van der Waals surface area contributed by atoms with Crippen LogP contribution in [0.1, 0.15) is 0 Å². The van der Waals surface area contributed by atoms with Gasteiger partial charge in [0.25, 0.3) is 0 Å². The molecule has 9 heteroatoms. The molecule has 0 spiro atoms. The van der Waals surface area contributed by atoms with Gasteiger partial charge in [0.1, 0.15) is 0 Å². The van der Waals surface area contributed by atoms with Gasteiger partial charge < -0.3 is 0 Å². The highest BCUT2D eigenvalue weighted by Gasteiger charge is 2.14. The lowest BCUT2D eigenvalue weighted by Gasteiger charge is -2.02. The zero-order valence-electron chi connectivity index (χ0n) is 7.65. The van der Waals surface area contributed by atoms with Crippen molar-refractivity contribution in [3.63, 3.8) is 0 Å². The van der Waals surface area contributed by atoms with Crippen LogP contribution in [0.15, 0.2) is 26.4 Å². The average molecular weight is 266 g/mol. The Bertz CT molecular complexity index is 559. The molecule has 1 aromatic rings. The quantitative estimate of drug-likeness (QED) is 0.645. The minimum Gasteiger partial charge on any atom is -0.288 e. The highest BCUT2D eigenvalue weighted by atomic mass is 35.5. The van der Waals surface area contributed by atoms with Crippen molar-refractivity contribution in [1.29, 1.82) is 0 Å². The number of H-pyrrole nitrogens is 1. The van der Waals surface area contributed by atoms with Crippen LogP contribution in [0.3, 0.4) is 0 Å². The molecular weight excluding hydrogens is 261 g/mol. The monoisotopic (exact) mass is 265 g/mol. The standard InChI is InChI=1S/C7H5Cl2N3O4/c8-1-4(9)2-11-3-5(12(15)16)6(13)10-7(11)14/h1,3H,2H2,(H,10,13,14). The molecule has 0 aromatic carbocycles. The fraction of sp³-hybridized carbons (Fsp3) is 0.143. The first-order valence-electron chi connectivity index (χ1n) is 3.88. The first-order chi connectivity index (χ1) is 7.45. The van der Waals surface area contributed by atoms with E-state index >= 15 is 0 Å². The van der Waals surface area contributed by atoms with Gasteiger partial charge in [-0.25, -0.2) is 4.79 Å². The Morgan fingerprint density at radius 2 is 2.25 bits per heavy atom. The first-order valence-corrected chi connectivity index (χ1v) is 4.70. The number of nitro groups is 1. The summed E-state index contributed by atoms with van der Waals surface area (Å²) in [6.07, 6.45) is 0.809. The molecule has 0 fully saturated rings. The van der Waals surface area contributed by atoms with Crippen molar-refractivity contribution in [3.05, 3.63) is 47.7 Å². The number of hydrogen-bond acceptors (Lipinski definition) is 4. The van der Waals surface area contributed by atoms with Gasteiger partial charge in [-0.3, -0.25) is 24.5 Å². The molecule has 0 atom stereocenters. The summed E-state index contributed by atoms with van der Waals surface area (Å²) >= 11 is 10.8. The molecular formula is C7H5Cl2N3O4. The number of hydrogen-bond donors (Lipinski definition) is 1. The lowest BCUT2D eigenvalue weighted by molar-refractivity contribution is -0.386. The van der Waals surface area contributed by atoms with Crippen LogP contribution in [-0.4, -0.2) is 14.5 Å². The van der Waals surface area contributed by atoms with Crippen molar-refractivity contribution in [3.8, 4) is 0 Å². The molecule has 1 heterocycles. The summed E-state index contributed by atoms with van der Waals surface area (Å²) in [5, 5.41) is 10.5. The zero-order valence-corrected chi connectivity index (χ0v) is 9.16. The first kappa shape index (κ1) is 12.5. The Hall–Kier alpha value is -1.60. The second-order valence-electron chi connectivity index (χ2n) is 2.71. The van der Waals surface area contributed by atoms with Gasteiger partial charge in [-0.05, 0) is 0 Å². The second-order valence-corrected chi connectivity index (χ2v) is 3.42. The number of allylic oxidation sites excluding steroid dienone is 1. The van der Waals surface area contributed by atoms with E-state index in [1.54, 1.807) is 4.98 Å². The van der Waals surface area contributed by atoms with E-state index in [9.17, 15) is 19.7 Å². The molecule has 0 unspecified atom stereocenters. The predicted octanol–water partition coefficient (Wildman–Crippen LogP) is 0.764. The lowest BCUT2D eigenvalue weighted by atomic mass is 10.5. The van der Waals surface area contributed by atoms with Crippen LogP contribution >= 0.6 is 23.2 Å². The van der Waals surface area contributed by atoms with Crippen molar-refractivity contribution >= 4 is 28.9 Å². The number of aromatic amines is 1. The third-order valence-corrected chi connectivity index (χ3v) is 2.23. The van der Waals surface area contributed by atoms with E-state index in [-0.39, 0.29) is 11.6 Å². The summed E-state index contributed by atoms with van der Waals surface area (Å²) in [4.78, 5) is 33.6. The van der Waals surface area contributed by atoms with Gasteiger partial charge in [-0.15, -0.1) is 0 Å². The summed E-state index contributed by atoms with van der Waals surface area (Å²) in [6, 6.07) is 0. The normalized spacial score (nSPS) is 11.5. The Kier molecular flexibility index (Phi) is 3.86. The van der Waals surface area contributed by atoms with Crippen molar-refractivity contribution < 1.29 is 4.92 Å². The Morgan fingerprint density at radius 3 is 2.75 bits per heavy atom. The van der Waals surface area contributed by atoms with Crippen LogP contribution in [0.5, 0.6) is 0 Å². The molecule has 1 aromatic heterocycles. The molecule has 0 aliphatic rings. The summed E-state index contributed by atoms with van der Waals surface area (Å²) in [5.41, 5.74) is -1.58. The maximum Gasteiger partial charge on any atom is 0.350 e. The predicted molar refractivity (Wildman–Crippen MR) is 57.8 cm³/mol. The Labute approximate surface area is 98.1 Å². The summed E-state index contributed by atoms with van der Waals surface area (Å²) in [7, 11) is 0. The summed E-state index contributed by atoms with van der Waals surface area (Å²) < 4.78 is 0.876. The van der Waals surface area contributed by atoms with E-state index in [0.29, 0.717) is 0 Å². The van der Waals surface area contributed by atoms with Gasteiger partial charge in [0.05, 0.1) is 17.7 Å². The third-order valence-electron chi connectivity index (χ3n) is 1.63. The van der Waals surface area contributed by atoms with Crippen molar-refractivity contribution in [2.24, 2.45) is 0 Å². The molecule has 0 radical (unpaired) electrons. The molecule has 0 aliphatic carbocycles. The number of nitrogens with one attached hydrogen (secondary N) is 1. The summed E-state index contributed by atoms with van der Waals surface area (Å²) in [6.45, 7) is -0.151. The fourth-order valence-electron chi connectivity index (χ4n) is 0.943. The van der Waals surface area contributed by atoms with Gasteiger partial charge >= 0.3 is 16.9 Å². The number of nitrogens with zero attached hydrogens (tertiary/aromatic N) is 2. The topological polar surface area (TPSA) is 98.0 Å². The molecule has 86 valence electrons. The zero-order chi connectivity index (χ0) is 12.3. The number of halogens is 2. The molecule has 0 saturated heterocycles. The second kappa shape index (κ2) is 4.95. The van der Waals surface area contributed by atoms with E-state index in [4.69, 9.17) is 23.2 Å². The van der Waals surface area contributed by atoms with Gasteiger partial charge in [-0.2, -0.15) is 0 Å². The van der Waals surface area contributed by atoms with E-state index in [2.05, 4.69) is 0 Å². The number of aromatic nitrogens is 2. The highest BCUT2D eigenvalue weighted by Crippen LogP contribution is 2.07. The van der Waals surface area contributed by atoms with E-state index < -0.39 is 21.9 Å². The molecule has 16 heavy (non-hydrogen) atoms. The van der Waals surface area contributed by atoms with Crippen molar-refractivity contribution in [1.82, 2.24) is 9.55 Å². The van der Waals surface area contributed by atoms with Crippen LogP contribution < -0.4 is 11.2 Å². The molecule has 7 nitrogen and oxygen atoms in total. The molecule has 0 saturated carbocycles. The van der Waals surface area contributed by atoms with Crippen LogP contribution in [0.25, 0.3) is 0 Å². The third kappa shape index (κ3) is 2.71. The molecule has 1 N–H and O–H groups in total. The minimum atomic E-state index is -1.06. The molecule has 0 amide bonds. The molecule has 0 bridgehead atoms. The van der Waals surface area contributed by atoms with Gasteiger partial charge in [0.15, 0.2) is 0 Å².